The van der Waals surface area contributed by atoms with Gasteiger partial charge in [0.2, 0.25) is 0 Å². The number of esters is 1. The van der Waals surface area contributed by atoms with E-state index in [9.17, 15) is 40.3 Å². The summed E-state index contributed by atoms with van der Waals surface area (Å²) in [7, 11) is 2.61. The number of rotatable bonds is 4. The molecular weight excluding hydrogens is 571 g/mol. The van der Waals surface area contributed by atoms with Crippen molar-refractivity contribution in [1.82, 2.24) is 15.1 Å². The number of carbonyl (C=O) groups is 2. The van der Waals surface area contributed by atoms with Crippen LogP contribution in [0.1, 0.15) is 72.5 Å². The molecule has 4 rings (SSSR count). The number of hydrogen-bond donors (Lipinski definition) is 1. The van der Waals surface area contributed by atoms with Crippen LogP contribution in [0.2, 0.25) is 0 Å². The number of nitrogens with zero attached hydrogens (tertiary/aromatic N) is 2. The van der Waals surface area contributed by atoms with Crippen molar-refractivity contribution in [1.29, 1.82) is 0 Å². The van der Waals surface area contributed by atoms with Gasteiger partial charge in [0.15, 0.2) is 0 Å². The van der Waals surface area contributed by atoms with Gasteiger partial charge >= 0.3 is 24.4 Å². The van der Waals surface area contributed by atoms with Crippen LogP contribution in [0.15, 0.2) is 36.4 Å². The zero-order valence-corrected chi connectivity index (χ0v) is 23.5. The van der Waals surface area contributed by atoms with E-state index in [1.807, 2.05) is 0 Å². The normalized spacial score (nSPS) is 23.6. The van der Waals surface area contributed by atoms with Gasteiger partial charge in [0, 0.05) is 19.1 Å². The van der Waals surface area contributed by atoms with Gasteiger partial charge in [-0.3, -0.25) is 10.1 Å². The number of methoxy groups -OCH3 is 1. The van der Waals surface area contributed by atoms with Crippen molar-refractivity contribution in [3.8, 4) is 0 Å². The summed E-state index contributed by atoms with van der Waals surface area (Å²) in [6.45, 7) is 3.22. The Morgan fingerprint density at radius 3 is 2.21 bits per heavy atom. The van der Waals surface area contributed by atoms with Gasteiger partial charge in [0.25, 0.3) is 0 Å². The lowest BCUT2D eigenvalue weighted by Gasteiger charge is -2.47. The van der Waals surface area contributed by atoms with Crippen LogP contribution >= 0.6 is 0 Å². The van der Waals surface area contributed by atoms with Gasteiger partial charge in [-0.15, -0.1) is 0 Å². The van der Waals surface area contributed by atoms with Crippen molar-refractivity contribution in [2.75, 3.05) is 20.7 Å². The first kappa shape index (κ1) is 31.6. The maximum atomic E-state index is 14.0. The Bertz CT molecular complexity index is 1310. The average Bonchev–Trinajstić information content (AvgIpc) is 3.33. The fraction of sp³-hybridized carbons (Fsp3) is 0.517. The molecule has 1 N–H and O–H groups in total. The summed E-state index contributed by atoms with van der Waals surface area (Å²) in [5, 5.41) is 3.35. The Morgan fingerprint density at radius 2 is 1.67 bits per heavy atom. The highest BCUT2D eigenvalue weighted by atomic mass is 19.4. The number of ether oxygens (including phenoxy) is 1. The van der Waals surface area contributed by atoms with Gasteiger partial charge in [-0.05, 0) is 86.6 Å². The fourth-order valence-corrected chi connectivity index (χ4v) is 6.02. The van der Waals surface area contributed by atoms with Gasteiger partial charge in [0.05, 0.1) is 30.3 Å². The molecule has 0 aromatic heterocycles. The van der Waals surface area contributed by atoms with Gasteiger partial charge < -0.3 is 14.5 Å². The molecule has 0 aliphatic carbocycles. The van der Waals surface area contributed by atoms with E-state index in [4.69, 9.17) is 4.74 Å². The largest absolute Gasteiger partial charge is 0.468 e. The first-order chi connectivity index (χ1) is 19.5. The third-order valence-electron chi connectivity index (χ3n) is 8.48. The van der Waals surface area contributed by atoms with E-state index in [-0.39, 0.29) is 18.2 Å². The predicted octanol–water partition coefficient (Wildman–Crippen LogP) is 6.79. The minimum atomic E-state index is -5.03. The highest BCUT2D eigenvalue weighted by molar-refractivity contribution is 5.77. The average molecular weight is 604 g/mol. The Hall–Kier alpha value is -3.35. The summed E-state index contributed by atoms with van der Waals surface area (Å²) in [5.74, 6) is -0.882. The Labute approximate surface area is 238 Å². The summed E-state index contributed by atoms with van der Waals surface area (Å²) in [6.07, 6.45) is -8.14. The lowest BCUT2D eigenvalue weighted by Crippen LogP contribution is -2.56. The molecule has 0 radical (unpaired) electrons. The SMILES string of the molecule is COC(=O)[C@H]1CC[C@@]2(CCN(C(=O)N(C)C(C)c3cc(C(F)(F)F)cc(C(F)(F)F)c3)[C@@H](c3ccc(F)cc3C)C2)N1. The standard InChI is InChI=1S/C29H32F7N3O3/c1-16-11-21(30)5-6-22(16)24-15-27(8-7-23(37-27)25(40)42-4)9-10-39(24)26(41)38(3)17(2)18-12-19(28(31,32)33)14-20(13-18)29(34,35)36/h5-6,11-14,17,23-24,37H,7-10,15H2,1-4H3/t17?,23-,24-,27+/m1/s1. The van der Waals surface area contributed by atoms with Crippen molar-refractivity contribution >= 4 is 12.0 Å². The Morgan fingerprint density at radius 1 is 1.05 bits per heavy atom. The molecule has 2 saturated heterocycles. The van der Waals surface area contributed by atoms with Gasteiger partial charge in [-0.25, -0.2) is 9.18 Å². The lowest BCUT2D eigenvalue weighted by molar-refractivity contribution is -0.144. The molecule has 2 aromatic carbocycles. The van der Waals surface area contributed by atoms with Crippen molar-refractivity contribution in [2.24, 2.45) is 0 Å². The van der Waals surface area contributed by atoms with E-state index in [2.05, 4.69) is 5.32 Å². The molecule has 2 aliphatic heterocycles. The predicted molar refractivity (Wildman–Crippen MR) is 139 cm³/mol. The van der Waals surface area contributed by atoms with Crippen LogP contribution in [-0.4, -0.2) is 54.1 Å². The number of carbonyl (C=O) groups excluding carboxylic acids is 2. The molecule has 0 bridgehead atoms. The molecule has 230 valence electrons. The third-order valence-corrected chi connectivity index (χ3v) is 8.48. The van der Waals surface area contributed by atoms with Gasteiger partial charge in [-0.2, -0.15) is 26.3 Å². The zero-order valence-electron chi connectivity index (χ0n) is 23.5. The van der Waals surface area contributed by atoms with Crippen molar-refractivity contribution in [2.45, 2.75) is 75.5 Å². The molecule has 2 fully saturated rings. The van der Waals surface area contributed by atoms with Crippen LogP contribution in [0.4, 0.5) is 35.5 Å². The van der Waals surface area contributed by atoms with E-state index < -0.39 is 65.0 Å². The number of alkyl halides is 6. The molecule has 2 amide bonds. The van der Waals surface area contributed by atoms with Crippen molar-refractivity contribution < 1.29 is 45.1 Å². The maximum absolute atomic E-state index is 14.0. The number of likely N-dealkylation sites (tertiary alicyclic amines) is 1. The first-order valence-corrected chi connectivity index (χ1v) is 13.4. The number of amides is 2. The number of urea groups is 1. The topological polar surface area (TPSA) is 61.9 Å². The van der Waals surface area contributed by atoms with Crippen LogP contribution in [0.3, 0.4) is 0 Å². The summed E-state index contributed by atoms with van der Waals surface area (Å²) in [5.41, 5.74) is -2.57. The van der Waals surface area contributed by atoms with Crippen molar-refractivity contribution in [3.63, 3.8) is 0 Å². The molecule has 42 heavy (non-hydrogen) atoms. The molecule has 2 heterocycles. The van der Waals surface area contributed by atoms with E-state index in [0.29, 0.717) is 48.9 Å². The molecular formula is C29H32F7N3O3. The molecule has 0 saturated carbocycles. The number of hydrogen-bond acceptors (Lipinski definition) is 4. The van der Waals surface area contributed by atoms with Gasteiger partial charge in [0.1, 0.15) is 11.9 Å². The smallest absolute Gasteiger partial charge is 0.416 e. The molecule has 1 unspecified atom stereocenters. The minimum absolute atomic E-state index is 0.0473. The zero-order chi connectivity index (χ0) is 31.2. The minimum Gasteiger partial charge on any atom is -0.468 e. The van der Waals surface area contributed by atoms with Crippen LogP contribution < -0.4 is 5.32 Å². The molecule has 2 aliphatic rings. The van der Waals surface area contributed by atoms with Crippen LogP contribution in [-0.2, 0) is 21.9 Å². The fourth-order valence-electron chi connectivity index (χ4n) is 6.02. The number of nitrogens with one attached hydrogen (secondary N) is 1. The molecule has 2 aromatic rings. The van der Waals surface area contributed by atoms with E-state index in [0.717, 1.165) is 4.90 Å². The van der Waals surface area contributed by atoms with Crippen LogP contribution in [0.25, 0.3) is 0 Å². The summed E-state index contributed by atoms with van der Waals surface area (Å²) < 4.78 is 99.8. The number of benzene rings is 2. The van der Waals surface area contributed by atoms with Crippen LogP contribution in [0, 0.1) is 12.7 Å². The van der Waals surface area contributed by atoms with E-state index in [1.54, 1.807) is 13.0 Å². The van der Waals surface area contributed by atoms with E-state index in [1.165, 1.54) is 38.1 Å². The third kappa shape index (κ3) is 6.35. The molecule has 1 spiro atoms. The van der Waals surface area contributed by atoms with Gasteiger partial charge in [-0.1, -0.05) is 6.07 Å². The second-order valence-corrected chi connectivity index (χ2v) is 11.1. The molecule has 4 atom stereocenters. The lowest BCUT2D eigenvalue weighted by atomic mass is 9.79. The van der Waals surface area contributed by atoms with E-state index >= 15 is 0 Å². The first-order valence-electron chi connectivity index (χ1n) is 13.4. The summed E-state index contributed by atoms with van der Waals surface area (Å²) >= 11 is 0. The number of piperidine rings is 1. The van der Waals surface area contributed by atoms with Crippen molar-refractivity contribution in [3.05, 3.63) is 70.0 Å². The maximum Gasteiger partial charge on any atom is 0.416 e. The second kappa shape index (κ2) is 11.4. The molecule has 13 heteroatoms. The number of aryl methyl sites for hydroxylation is 1. The summed E-state index contributed by atoms with van der Waals surface area (Å²) in [4.78, 5) is 28.7. The monoisotopic (exact) mass is 603 g/mol. The van der Waals surface area contributed by atoms with Crippen LogP contribution in [0.5, 0.6) is 0 Å². The quantitative estimate of drug-likeness (QED) is 0.309. The Kier molecular flexibility index (Phi) is 8.56. The highest BCUT2D eigenvalue weighted by Crippen LogP contribution is 2.44. The molecule has 6 nitrogen and oxygen atoms in total. The highest BCUT2D eigenvalue weighted by Gasteiger charge is 2.48. The Balaban J connectivity index is 1.67. The second-order valence-electron chi connectivity index (χ2n) is 11.1. The number of halogens is 7. The summed E-state index contributed by atoms with van der Waals surface area (Å²) in [6, 6.07) is 2.53.